The third kappa shape index (κ3) is 11.5. The Labute approximate surface area is 407 Å². The molecule has 8 rings (SSSR count). The summed E-state index contributed by atoms with van der Waals surface area (Å²) in [6.45, 7) is 3.44. The molecule has 362 valence electrons. The van der Waals surface area contributed by atoms with E-state index in [0.29, 0.717) is 61.0 Å². The fraction of sp³-hybridized carbons (Fsp3) is 0.377. The predicted molar refractivity (Wildman–Crippen MR) is 264 cm³/mol. The molecule has 0 aliphatic carbocycles. The van der Waals surface area contributed by atoms with Crippen molar-refractivity contribution in [3.63, 3.8) is 0 Å². The zero-order valence-corrected chi connectivity index (χ0v) is 40.8. The summed E-state index contributed by atoms with van der Waals surface area (Å²) in [5, 5.41) is 7.55. The van der Waals surface area contributed by atoms with E-state index in [0.717, 1.165) is 78.7 Å². The number of hydrogen-bond acceptors (Lipinski definition) is 12. The van der Waals surface area contributed by atoms with E-state index in [-0.39, 0.29) is 29.4 Å². The van der Waals surface area contributed by atoms with Gasteiger partial charge in [0.15, 0.2) is 11.5 Å². The number of nitrogens with one attached hydrogen (secondary N) is 2. The van der Waals surface area contributed by atoms with Crippen LogP contribution >= 0.6 is 11.3 Å². The van der Waals surface area contributed by atoms with Gasteiger partial charge in [-0.3, -0.25) is 34.2 Å². The van der Waals surface area contributed by atoms with E-state index in [1.165, 1.54) is 35.1 Å². The molecule has 0 radical (unpaired) electrons. The Kier molecular flexibility index (Phi) is 15.5. The smallest absolute Gasteiger partial charge is 0.264 e. The van der Waals surface area contributed by atoms with Crippen LogP contribution in [-0.4, -0.2) is 86.1 Å². The van der Waals surface area contributed by atoms with Crippen molar-refractivity contribution in [1.29, 1.82) is 0 Å². The number of imide groups is 2. The van der Waals surface area contributed by atoms with Crippen LogP contribution in [0.5, 0.6) is 17.2 Å². The quantitative estimate of drug-likeness (QED) is 0.0476. The Bertz CT molecular complexity index is 2830. The van der Waals surface area contributed by atoms with Gasteiger partial charge in [-0.15, -0.1) is 11.3 Å². The van der Waals surface area contributed by atoms with Crippen LogP contribution in [0.4, 0.5) is 5.69 Å². The van der Waals surface area contributed by atoms with Crippen LogP contribution in [0, 0.1) is 0 Å². The highest BCUT2D eigenvalue weighted by atomic mass is 32.2. The lowest BCUT2D eigenvalue weighted by Gasteiger charge is -2.29. The average Bonchev–Trinajstić information content (AvgIpc) is 3.97. The number of benzene rings is 4. The lowest BCUT2D eigenvalue weighted by molar-refractivity contribution is -0.136. The monoisotopic (exact) mass is 974 g/mol. The number of hydrogen-bond donors (Lipinski definition) is 2. The van der Waals surface area contributed by atoms with Gasteiger partial charge in [-0.2, -0.15) is 0 Å². The number of nitrogens with zero attached hydrogens (tertiary/aromatic N) is 2. The number of thiophene rings is 1. The Morgan fingerprint density at radius 2 is 1.46 bits per heavy atom. The van der Waals surface area contributed by atoms with Crippen LogP contribution in [-0.2, 0) is 51.8 Å². The number of methoxy groups -OCH3 is 1. The number of rotatable bonds is 23. The summed E-state index contributed by atoms with van der Waals surface area (Å²) in [7, 11) is -2.12. The normalized spacial score (nSPS) is 16.1. The maximum Gasteiger partial charge on any atom is 0.264 e. The van der Waals surface area contributed by atoms with Gasteiger partial charge in [-0.25, -0.2) is 8.42 Å². The van der Waals surface area contributed by atoms with E-state index in [1.54, 1.807) is 41.3 Å². The minimum Gasteiger partial charge on any atom is -0.493 e. The number of aryl methyl sites for hydroxylation is 3. The van der Waals surface area contributed by atoms with Crippen LogP contribution < -0.4 is 24.8 Å². The zero-order valence-electron chi connectivity index (χ0n) is 39.2. The standard InChI is InChI=1S/C53H58N4O10S2/c1-4-66-46-29-37(22-26-45(46)65-2)44(33-69(3,63)64)57-52(61)39-14-10-15-42(49(39)53(57)62)54-28-9-8-13-35-18-16-34(17-19-35)11-6-5-7-12-36-20-23-38(24-21-36)67-31-47-40-30-56(51(60)41(40)32-68-47)43-25-27-48(58)55-50(43)59/h10,14-24,26,29,32,43-44,54H,4-9,11-13,25,27-28,30-31,33H2,1-3H3,(H,55,58,59)/t43?,44-/m1/s1. The number of sulfone groups is 1. The maximum absolute atomic E-state index is 14.0. The van der Waals surface area contributed by atoms with Gasteiger partial charge in [0.2, 0.25) is 11.8 Å². The molecule has 0 bridgehead atoms. The highest BCUT2D eigenvalue weighted by Gasteiger charge is 2.44. The van der Waals surface area contributed by atoms with Gasteiger partial charge in [-0.1, -0.05) is 55.0 Å². The van der Waals surface area contributed by atoms with Crippen molar-refractivity contribution >= 4 is 56.4 Å². The lowest BCUT2D eigenvalue weighted by atomic mass is 10.0. The highest BCUT2D eigenvalue weighted by Crippen LogP contribution is 2.39. The molecule has 4 heterocycles. The minimum absolute atomic E-state index is 0.171. The molecule has 3 aliphatic rings. The fourth-order valence-electron chi connectivity index (χ4n) is 9.32. The van der Waals surface area contributed by atoms with E-state index in [9.17, 15) is 32.4 Å². The van der Waals surface area contributed by atoms with Gasteiger partial charge in [0.1, 0.15) is 28.2 Å². The predicted octanol–water partition coefficient (Wildman–Crippen LogP) is 8.27. The van der Waals surface area contributed by atoms with Crippen molar-refractivity contribution in [3.05, 3.63) is 140 Å². The zero-order chi connectivity index (χ0) is 48.7. The summed E-state index contributed by atoms with van der Waals surface area (Å²) < 4.78 is 42.5. The molecule has 5 aromatic rings. The third-order valence-electron chi connectivity index (χ3n) is 12.9. The second-order valence-electron chi connectivity index (χ2n) is 17.8. The van der Waals surface area contributed by atoms with E-state index in [2.05, 4.69) is 47.0 Å². The van der Waals surface area contributed by atoms with Crippen LogP contribution in [0.25, 0.3) is 0 Å². The van der Waals surface area contributed by atoms with E-state index < -0.39 is 45.4 Å². The number of fused-ring (bicyclic) bond motifs is 2. The number of carbonyl (C=O) groups excluding carboxylic acids is 5. The summed E-state index contributed by atoms with van der Waals surface area (Å²) in [6, 6.07) is 25.4. The van der Waals surface area contributed by atoms with E-state index in [1.807, 2.05) is 24.4 Å². The molecule has 5 amide bonds. The number of ether oxygens (including phenoxy) is 3. The van der Waals surface area contributed by atoms with Crippen molar-refractivity contribution in [2.45, 2.75) is 96.4 Å². The van der Waals surface area contributed by atoms with Crippen molar-refractivity contribution in [3.8, 4) is 17.2 Å². The highest BCUT2D eigenvalue weighted by molar-refractivity contribution is 7.90. The van der Waals surface area contributed by atoms with Crippen molar-refractivity contribution in [2.24, 2.45) is 0 Å². The second kappa shape index (κ2) is 21.8. The molecule has 16 heteroatoms. The van der Waals surface area contributed by atoms with Gasteiger partial charge in [0, 0.05) is 47.3 Å². The number of unbranched alkanes of at least 4 members (excludes halogenated alkanes) is 3. The van der Waals surface area contributed by atoms with Crippen LogP contribution in [0.3, 0.4) is 0 Å². The van der Waals surface area contributed by atoms with Crippen molar-refractivity contribution < 1.29 is 46.6 Å². The van der Waals surface area contributed by atoms with Crippen molar-refractivity contribution in [1.82, 2.24) is 15.1 Å². The molecule has 1 saturated heterocycles. The third-order valence-corrected chi connectivity index (χ3v) is 14.9. The molecule has 4 aromatic carbocycles. The molecule has 0 saturated carbocycles. The molecule has 1 unspecified atom stereocenters. The van der Waals surface area contributed by atoms with Crippen LogP contribution in [0.15, 0.2) is 90.3 Å². The SMILES string of the molecule is CCOc1cc([C@@H](CS(C)(=O)=O)N2C(=O)c3cccc(NCCCCc4ccc(CCCCCc5ccc(OCc6scc7c6CN(C6CCC(=O)NC6=O)C7=O)cc5)cc4)c3C2=O)ccc1OC. The maximum atomic E-state index is 14.0. The van der Waals surface area contributed by atoms with Gasteiger partial charge < -0.3 is 24.4 Å². The Morgan fingerprint density at radius 3 is 2.12 bits per heavy atom. The summed E-state index contributed by atoms with van der Waals surface area (Å²) in [4.78, 5) is 68.5. The number of anilines is 1. The molecule has 1 aromatic heterocycles. The second-order valence-corrected chi connectivity index (χ2v) is 21.0. The van der Waals surface area contributed by atoms with Gasteiger partial charge >= 0.3 is 0 Å². The molecule has 0 spiro atoms. The first kappa shape index (κ1) is 48.9. The summed E-state index contributed by atoms with van der Waals surface area (Å²) >= 11 is 1.49. The minimum atomic E-state index is -3.62. The topological polar surface area (TPSA) is 178 Å². The largest absolute Gasteiger partial charge is 0.493 e. The Hall–Kier alpha value is -6.52. The molecule has 3 aliphatic heterocycles. The first-order valence-electron chi connectivity index (χ1n) is 23.6. The average molecular weight is 975 g/mol. The van der Waals surface area contributed by atoms with E-state index >= 15 is 0 Å². The molecule has 2 N–H and O–H groups in total. The molecular weight excluding hydrogens is 917 g/mol. The van der Waals surface area contributed by atoms with Gasteiger partial charge in [0.05, 0.1) is 42.2 Å². The summed E-state index contributed by atoms with van der Waals surface area (Å²) in [5.74, 6) is -0.801. The van der Waals surface area contributed by atoms with Gasteiger partial charge in [-0.05, 0) is 117 Å². The molecule has 1 fully saturated rings. The summed E-state index contributed by atoms with van der Waals surface area (Å²) in [5.41, 5.74) is 6.82. The summed E-state index contributed by atoms with van der Waals surface area (Å²) in [6.07, 6.45) is 9.63. The van der Waals surface area contributed by atoms with Crippen LogP contribution in [0.1, 0.15) is 122 Å². The Balaban J connectivity index is 0.739. The fourth-order valence-corrected chi connectivity index (χ4v) is 11.2. The van der Waals surface area contributed by atoms with E-state index in [4.69, 9.17) is 14.2 Å². The van der Waals surface area contributed by atoms with Gasteiger partial charge in [0.25, 0.3) is 17.7 Å². The molecule has 14 nitrogen and oxygen atoms in total. The van der Waals surface area contributed by atoms with Crippen LogP contribution in [0.2, 0.25) is 0 Å². The van der Waals surface area contributed by atoms with Crippen molar-refractivity contribution in [2.75, 3.05) is 37.6 Å². The number of piperidine rings is 1. The molecular formula is C53H58N4O10S2. The number of carbonyl (C=O) groups is 5. The first-order valence-corrected chi connectivity index (χ1v) is 26.5. The lowest BCUT2D eigenvalue weighted by Crippen LogP contribution is -2.52. The first-order chi connectivity index (χ1) is 33.3. The Morgan fingerprint density at radius 1 is 0.783 bits per heavy atom. The molecule has 2 atom stereocenters. The molecule has 69 heavy (non-hydrogen) atoms. The number of amides is 5.